The van der Waals surface area contributed by atoms with Crippen LogP contribution >= 0.6 is 0 Å². The van der Waals surface area contributed by atoms with E-state index in [4.69, 9.17) is 14.9 Å². The quantitative estimate of drug-likeness (QED) is 0.627. The number of hydrogen-bond acceptors (Lipinski definition) is 5. The molecule has 0 saturated carbocycles. The number of aliphatic hydroxyl groups excluding tert-OH is 2. The summed E-state index contributed by atoms with van der Waals surface area (Å²) in [6.07, 6.45) is -2.03. The van der Waals surface area contributed by atoms with Crippen molar-refractivity contribution in [2.24, 2.45) is 0 Å². The van der Waals surface area contributed by atoms with Gasteiger partial charge >= 0.3 is 5.97 Å². The van der Waals surface area contributed by atoms with Gasteiger partial charge < -0.3 is 20.1 Å². The van der Waals surface area contributed by atoms with Crippen molar-refractivity contribution in [3.8, 4) is 5.88 Å². The number of nitrogens with zero attached hydrogens (tertiary/aromatic N) is 1. The molecule has 0 aliphatic carbocycles. The van der Waals surface area contributed by atoms with Crippen molar-refractivity contribution in [3.63, 3.8) is 0 Å². The number of rotatable bonds is 4. The number of carboxylic acid groups (broad SMARTS) is 1. The molecule has 0 saturated heterocycles. The van der Waals surface area contributed by atoms with Gasteiger partial charge in [0.15, 0.2) is 6.10 Å². The zero-order valence-electron chi connectivity index (χ0n) is 7.99. The molecule has 15 heavy (non-hydrogen) atoms. The Morgan fingerprint density at radius 1 is 1.53 bits per heavy atom. The Hall–Kier alpha value is -1.66. The molecule has 0 radical (unpaired) electrons. The second-order valence-corrected chi connectivity index (χ2v) is 2.83. The second-order valence-electron chi connectivity index (χ2n) is 2.83. The van der Waals surface area contributed by atoms with E-state index in [1.807, 2.05) is 0 Å². The van der Waals surface area contributed by atoms with Crippen molar-refractivity contribution in [1.29, 1.82) is 0 Å². The molecule has 3 N–H and O–H groups in total. The van der Waals surface area contributed by atoms with E-state index >= 15 is 0 Å². The predicted octanol–water partition coefficient (Wildman–Crippen LogP) is -0.431. The first kappa shape index (κ1) is 11.4. The summed E-state index contributed by atoms with van der Waals surface area (Å²) < 4.78 is 4.82. The summed E-state index contributed by atoms with van der Waals surface area (Å²) in [6.45, 7) is 0. The lowest BCUT2D eigenvalue weighted by atomic mass is 10.1. The third kappa shape index (κ3) is 2.42. The van der Waals surface area contributed by atoms with Gasteiger partial charge in [0, 0.05) is 11.8 Å². The maximum atomic E-state index is 10.4. The highest BCUT2D eigenvalue weighted by molar-refractivity contribution is 5.73. The summed E-state index contributed by atoms with van der Waals surface area (Å²) in [5.41, 5.74) is 0.134. The largest absolute Gasteiger partial charge is 0.481 e. The van der Waals surface area contributed by atoms with Crippen LogP contribution in [0.4, 0.5) is 0 Å². The maximum absolute atomic E-state index is 10.4. The van der Waals surface area contributed by atoms with E-state index in [9.17, 15) is 9.90 Å². The molecule has 2 atom stereocenters. The summed E-state index contributed by atoms with van der Waals surface area (Å²) in [4.78, 5) is 14.2. The molecule has 1 heterocycles. The maximum Gasteiger partial charge on any atom is 0.335 e. The van der Waals surface area contributed by atoms with Crippen molar-refractivity contribution >= 4 is 5.97 Å². The fourth-order valence-corrected chi connectivity index (χ4v) is 1.10. The molecule has 0 aliphatic heterocycles. The van der Waals surface area contributed by atoms with Gasteiger partial charge in [0.25, 0.3) is 0 Å². The number of methoxy groups -OCH3 is 1. The number of carboxylic acids is 1. The summed E-state index contributed by atoms with van der Waals surface area (Å²) >= 11 is 0. The number of pyridine rings is 1. The molecule has 0 aromatic carbocycles. The van der Waals surface area contributed by atoms with Crippen molar-refractivity contribution in [2.45, 2.75) is 12.2 Å². The third-order valence-corrected chi connectivity index (χ3v) is 1.86. The van der Waals surface area contributed by atoms with Crippen molar-refractivity contribution < 1.29 is 24.9 Å². The number of carbonyl (C=O) groups is 1. The van der Waals surface area contributed by atoms with Gasteiger partial charge in [0.05, 0.1) is 7.11 Å². The molecule has 1 aromatic rings. The van der Waals surface area contributed by atoms with Gasteiger partial charge in [-0.15, -0.1) is 0 Å². The van der Waals surface area contributed by atoms with Crippen molar-refractivity contribution in [1.82, 2.24) is 4.98 Å². The van der Waals surface area contributed by atoms with Crippen LogP contribution < -0.4 is 4.74 Å². The number of aliphatic hydroxyl groups is 2. The average Bonchev–Trinajstić information content (AvgIpc) is 2.26. The number of ether oxygens (including phenoxy) is 1. The average molecular weight is 213 g/mol. The molecule has 2 unspecified atom stereocenters. The summed E-state index contributed by atoms with van der Waals surface area (Å²) in [5, 5.41) is 27.2. The SMILES string of the molecule is COc1ncccc1C(O)C(O)C(=O)O. The molecule has 1 aromatic heterocycles. The van der Waals surface area contributed by atoms with Crippen LogP contribution in [0.15, 0.2) is 18.3 Å². The zero-order valence-corrected chi connectivity index (χ0v) is 7.99. The monoisotopic (exact) mass is 213 g/mol. The Bertz CT molecular complexity index is 354. The molecular weight excluding hydrogens is 202 g/mol. The number of hydrogen-bond donors (Lipinski definition) is 3. The van der Waals surface area contributed by atoms with Crippen LogP contribution in [0.3, 0.4) is 0 Å². The molecular formula is C9H11NO5. The third-order valence-electron chi connectivity index (χ3n) is 1.86. The van der Waals surface area contributed by atoms with Crippen LogP contribution in [0.1, 0.15) is 11.7 Å². The first-order chi connectivity index (χ1) is 7.07. The molecule has 6 heteroatoms. The molecule has 0 aliphatic rings. The van der Waals surface area contributed by atoms with Crippen LogP contribution in [0, 0.1) is 0 Å². The second kappa shape index (κ2) is 4.72. The molecule has 0 fully saturated rings. The first-order valence-electron chi connectivity index (χ1n) is 4.15. The highest BCUT2D eigenvalue weighted by atomic mass is 16.5. The van der Waals surface area contributed by atoms with Crippen LogP contribution in [0.5, 0.6) is 5.88 Å². The molecule has 82 valence electrons. The fraction of sp³-hybridized carbons (Fsp3) is 0.333. The standard InChI is InChI=1S/C9H11NO5/c1-15-8-5(3-2-4-10-8)6(11)7(12)9(13)14/h2-4,6-7,11-12H,1H3,(H,13,14). The van der Waals surface area contributed by atoms with Crippen LogP contribution in [0.2, 0.25) is 0 Å². The lowest BCUT2D eigenvalue weighted by Gasteiger charge is -2.15. The minimum atomic E-state index is -1.90. The Morgan fingerprint density at radius 2 is 2.20 bits per heavy atom. The lowest BCUT2D eigenvalue weighted by molar-refractivity contribution is -0.153. The Labute approximate surface area is 85.8 Å². The Morgan fingerprint density at radius 3 is 2.73 bits per heavy atom. The van der Waals surface area contributed by atoms with Crippen LogP contribution in [-0.4, -0.2) is 39.5 Å². The smallest absolute Gasteiger partial charge is 0.335 e. The van der Waals surface area contributed by atoms with Gasteiger partial charge in [-0.3, -0.25) is 0 Å². The van der Waals surface area contributed by atoms with Crippen LogP contribution in [0.25, 0.3) is 0 Å². The first-order valence-corrected chi connectivity index (χ1v) is 4.15. The number of aromatic nitrogens is 1. The van der Waals surface area contributed by atoms with E-state index in [-0.39, 0.29) is 11.4 Å². The molecule has 1 rings (SSSR count). The normalized spacial score (nSPS) is 14.3. The van der Waals surface area contributed by atoms with E-state index in [1.165, 1.54) is 25.4 Å². The van der Waals surface area contributed by atoms with E-state index in [0.29, 0.717) is 0 Å². The van der Waals surface area contributed by atoms with Gasteiger partial charge in [-0.1, -0.05) is 0 Å². The van der Waals surface area contributed by atoms with E-state index < -0.39 is 18.2 Å². The van der Waals surface area contributed by atoms with Gasteiger partial charge in [0.2, 0.25) is 5.88 Å². The van der Waals surface area contributed by atoms with Gasteiger partial charge in [-0.05, 0) is 12.1 Å². The molecule has 0 amide bonds. The zero-order chi connectivity index (χ0) is 11.4. The molecule has 0 bridgehead atoms. The minimum absolute atomic E-state index is 0.0882. The minimum Gasteiger partial charge on any atom is -0.481 e. The van der Waals surface area contributed by atoms with Crippen molar-refractivity contribution in [3.05, 3.63) is 23.9 Å². The summed E-state index contributed by atoms with van der Waals surface area (Å²) in [6, 6.07) is 2.94. The Kier molecular flexibility index (Phi) is 3.59. The fourth-order valence-electron chi connectivity index (χ4n) is 1.10. The van der Waals surface area contributed by atoms with Gasteiger partial charge in [0.1, 0.15) is 6.10 Å². The van der Waals surface area contributed by atoms with Crippen LogP contribution in [-0.2, 0) is 4.79 Å². The topological polar surface area (TPSA) is 99.9 Å². The Balaban J connectivity index is 2.99. The van der Waals surface area contributed by atoms with Crippen molar-refractivity contribution in [2.75, 3.05) is 7.11 Å². The molecule has 0 spiro atoms. The van der Waals surface area contributed by atoms with Gasteiger partial charge in [-0.25, -0.2) is 9.78 Å². The highest BCUT2D eigenvalue weighted by Gasteiger charge is 2.27. The molecule has 6 nitrogen and oxygen atoms in total. The van der Waals surface area contributed by atoms with Gasteiger partial charge in [-0.2, -0.15) is 0 Å². The van der Waals surface area contributed by atoms with E-state index in [2.05, 4.69) is 4.98 Å². The highest BCUT2D eigenvalue weighted by Crippen LogP contribution is 2.24. The summed E-state index contributed by atoms with van der Waals surface area (Å²) in [5.74, 6) is -1.42. The summed E-state index contributed by atoms with van der Waals surface area (Å²) in [7, 11) is 1.34. The predicted molar refractivity (Wildman–Crippen MR) is 49.4 cm³/mol. The van der Waals surface area contributed by atoms with E-state index in [0.717, 1.165) is 0 Å². The van der Waals surface area contributed by atoms with E-state index in [1.54, 1.807) is 0 Å². The number of aliphatic carboxylic acids is 1. The lowest BCUT2D eigenvalue weighted by Crippen LogP contribution is -2.27.